The van der Waals surface area contributed by atoms with E-state index in [0.717, 1.165) is 17.4 Å². The van der Waals surface area contributed by atoms with Gasteiger partial charge in [0.1, 0.15) is 0 Å². The standard InChI is InChI=1S/C16H20BrNS/c1-4-8-18-16(15-7-9-19-12(15)3)14-6-5-13(17)10-11(14)2/h5-7,9-10,16,18H,4,8H2,1-3H3. The van der Waals surface area contributed by atoms with Crippen LogP contribution in [0, 0.1) is 13.8 Å². The van der Waals surface area contributed by atoms with Crippen LogP contribution in [0.3, 0.4) is 0 Å². The van der Waals surface area contributed by atoms with E-state index in [-0.39, 0.29) is 0 Å². The highest BCUT2D eigenvalue weighted by atomic mass is 79.9. The lowest BCUT2D eigenvalue weighted by atomic mass is 9.95. The second kappa shape index (κ2) is 6.69. The van der Waals surface area contributed by atoms with Gasteiger partial charge >= 0.3 is 0 Å². The maximum absolute atomic E-state index is 3.68. The average molecular weight is 338 g/mol. The number of thiophene rings is 1. The van der Waals surface area contributed by atoms with Gasteiger partial charge in [-0.05, 0) is 67.1 Å². The molecule has 0 aliphatic heterocycles. The molecule has 1 atom stereocenters. The average Bonchev–Trinajstić information content (AvgIpc) is 2.78. The molecule has 0 spiro atoms. The van der Waals surface area contributed by atoms with Crippen LogP contribution in [0.4, 0.5) is 0 Å². The monoisotopic (exact) mass is 337 g/mol. The number of aryl methyl sites for hydroxylation is 2. The van der Waals surface area contributed by atoms with E-state index < -0.39 is 0 Å². The van der Waals surface area contributed by atoms with Crippen LogP contribution in [-0.2, 0) is 0 Å². The van der Waals surface area contributed by atoms with Gasteiger partial charge in [0.15, 0.2) is 0 Å². The highest BCUT2D eigenvalue weighted by molar-refractivity contribution is 9.10. The lowest BCUT2D eigenvalue weighted by molar-refractivity contribution is 0.596. The van der Waals surface area contributed by atoms with Gasteiger partial charge in [0, 0.05) is 9.35 Å². The molecule has 19 heavy (non-hydrogen) atoms. The lowest BCUT2D eigenvalue weighted by Crippen LogP contribution is -2.24. The largest absolute Gasteiger partial charge is 0.306 e. The molecule has 0 fully saturated rings. The minimum atomic E-state index is 0.305. The van der Waals surface area contributed by atoms with Crippen molar-refractivity contribution in [2.75, 3.05) is 6.54 Å². The minimum absolute atomic E-state index is 0.305. The maximum Gasteiger partial charge on any atom is 0.0590 e. The predicted octanol–water partition coefficient (Wildman–Crippen LogP) is 5.22. The summed E-state index contributed by atoms with van der Waals surface area (Å²) in [5.41, 5.74) is 4.11. The molecule has 0 radical (unpaired) electrons. The molecule has 1 N–H and O–H groups in total. The lowest BCUT2D eigenvalue weighted by Gasteiger charge is -2.21. The summed E-state index contributed by atoms with van der Waals surface area (Å²) in [6.07, 6.45) is 1.15. The summed E-state index contributed by atoms with van der Waals surface area (Å²) in [4.78, 5) is 1.40. The van der Waals surface area contributed by atoms with Gasteiger partial charge < -0.3 is 5.32 Å². The van der Waals surface area contributed by atoms with Crippen LogP contribution in [0.2, 0.25) is 0 Å². The van der Waals surface area contributed by atoms with Gasteiger partial charge in [-0.1, -0.05) is 28.9 Å². The van der Waals surface area contributed by atoms with Crippen molar-refractivity contribution in [1.82, 2.24) is 5.32 Å². The topological polar surface area (TPSA) is 12.0 Å². The molecular formula is C16H20BrNS. The van der Waals surface area contributed by atoms with Gasteiger partial charge in [0.25, 0.3) is 0 Å². The second-order valence-corrected chi connectivity index (χ2v) is 6.86. The van der Waals surface area contributed by atoms with E-state index in [0.29, 0.717) is 6.04 Å². The summed E-state index contributed by atoms with van der Waals surface area (Å²) >= 11 is 5.36. The smallest absolute Gasteiger partial charge is 0.0590 e. The molecule has 102 valence electrons. The quantitative estimate of drug-likeness (QED) is 0.788. The Morgan fingerprint density at radius 1 is 1.21 bits per heavy atom. The van der Waals surface area contributed by atoms with Crippen LogP contribution < -0.4 is 5.32 Å². The van der Waals surface area contributed by atoms with Gasteiger partial charge in [-0.3, -0.25) is 0 Å². The number of rotatable bonds is 5. The fraction of sp³-hybridized carbons (Fsp3) is 0.375. The highest BCUT2D eigenvalue weighted by Gasteiger charge is 2.18. The van der Waals surface area contributed by atoms with E-state index in [2.05, 4.69) is 71.7 Å². The van der Waals surface area contributed by atoms with E-state index in [1.807, 2.05) is 11.3 Å². The van der Waals surface area contributed by atoms with Crippen molar-refractivity contribution in [3.63, 3.8) is 0 Å². The third kappa shape index (κ3) is 3.47. The molecule has 2 rings (SSSR count). The second-order valence-electron chi connectivity index (χ2n) is 4.82. The third-order valence-electron chi connectivity index (χ3n) is 3.35. The van der Waals surface area contributed by atoms with Crippen LogP contribution in [0.5, 0.6) is 0 Å². The van der Waals surface area contributed by atoms with E-state index in [1.165, 1.54) is 21.6 Å². The summed E-state index contributed by atoms with van der Waals surface area (Å²) in [6, 6.07) is 9.10. The number of nitrogens with one attached hydrogen (secondary N) is 1. The molecule has 1 nitrogen and oxygen atoms in total. The minimum Gasteiger partial charge on any atom is -0.306 e. The summed E-state index contributed by atoms with van der Waals surface area (Å²) in [7, 11) is 0. The Kier molecular flexibility index (Phi) is 5.20. The van der Waals surface area contributed by atoms with Crippen LogP contribution in [0.1, 0.15) is 41.0 Å². The third-order valence-corrected chi connectivity index (χ3v) is 4.71. The van der Waals surface area contributed by atoms with Gasteiger partial charge in [-0.2, -0.15) is 0 Å². The Labute approximate surface area is 128 Å². The molecule has 0 amide bonds. The Bertz CT molecular complexity index is 547. The van der Waals surface area contributed by atoms with Crippen LogP contribution in [-0.4, -0.2) is 6.54 Å². The Morgan fingerprint density at radius 2 is 2.00 bits per heavy atom. The molecule has 3 heteroatoms. The molecule has 1 heterocycles. The molecule has 2 aromatic rings. The first-order chi connectivity index (χ1) is 9.13. The predicted molar refractivity (Wildman–Crippen MR) is 88.1 cm³/mol. The zero-order valence-electron chi connectivity index (χ0n) is 11.7. The van der Waals surface area contributed by atoms with Gasteiger partial charge in [-0.25, -0.2) is 0 Å². The summed E-state index contributed by atoms with van der Waals surface area (Å²) < 4.78 is 1.14. The summed E-state index contributed by atoms with van der Waals surface area (Å²) in [5, 5.41) is 5.86. The van der Waals surface area contributed by atoms with Crippen molar-refractivity contribution >= 4 is 27.3 Å². The van der Waals surface area contributed by atoms with Crippen molar-refractivity contribution in [2.24, 2.45) is 0 Å². The number of halogens is 1. The molecule has 1 aromatic heterocycles. The Hall–Kier alpha value is -0.640. The first kappa shape index (κ1) is 14.8. The number of hydrogen-bond donors (Lipinski definition) is 1. The van der Waals surface area contributed by atoms with Crippen molar-refractivity contribution < 1.29 is 0 Å². The van der Waals surface area contributed by atoms with E-state index in [1.54, 1.807) is 0 Å². The molecule has 0 aliphatic rings. The van der Waals surface area contributed by atoms with Crippen molar-refractivity contribution in [1.29, 1.82) is 0 Å². The number of benzene rings is 1. The molecule has 0 saturated carbocycles. The highest BCUT2D eigenvalue weighted by Crippen LogP contribution is 2.31. The van der Waals surface area contributed by atoms with Crippen molar-refractivity contribution in [3.8, 4) is 0 Å². The van der Waals surface area contributed by atoms with Gasteiger partial charge in [0.2, 0.25) is 0 Å². The van der Waals surface area contributed by atoms with E-state index in [4.69, 9.17) is 0 Å². The van der Waals surface area contributed by atoms with Crippen molar-refractivity contribution in [2.45, 2.75) is 33.2 Å². The maximum atomic E-state index is 3.68. The van der Waals surface area contributed by atoms with E-state index in [9.17, 15) is 0 Å². The zero-order valence-corrected chi connectivity index (χ0v) is 14.1. The first-order valence-electron chi connectivity index (χ1n) is 6.67. The molecule has 0 aliphatic carbocycles. The van der Waals surface area contributed by atoms with Crippen molar-refractivity contribution in [3.05, 3.63) is 55.7 Å². The molecular weight excluding hydrogens is 318 g/mol. The van der Waals surface area contributed by atoms with Crippen LogP contribution in [0.25, 0.3) is 0 Å². The number of hydrogen-bond acceptors (Lipinski definition) is 2. The first-order valence-corrected chi connectivity index (χ1v) is 8.34. The van der Waals surface area contributed by atoms with Gasteiger partial charge in [-0.15, -0.1) is 11.3 Å². The Balaban J connectivity index is 2.40. The molecule has 1 aromatic carbocycles. The van der Waals surface area contributed by atoms with Crippen LogP contribution >= 0.6 is 27.3 Å². The summed E-state index contributed by atoms with van der Waals surface area (Å²) in [5.74, 6) is 0. The fourth-order valence-electron chi connectivity index (χ4n) is 2.33. The van der Waals surface area contributed by atoms with Gasteiger partial charge in [0.05, 0.1) is 6.04 Å². The normalized spacial score (nSPS) is 12.6. The molecule has 0 bridgehead atoms. The van der Waals surface area contributed by atoms with Crippen LogP contribution in [0.15, 0.2) is 34.1 Å². The van der Waals surface area contributed by atoms with E-state index >= 15 is 0 Å². The fourth-order valence-corrected chi connectivity index (χ4v) is 3.55. The Morgan fingerprint density at radius 3 is 2.58 bits per heavy atom. The zero-order chi connectivity index (χ0) is 13.8. The molecule has 1 unspecified atom stereocenters. The molecule has 0 saturated heterocycles. The summed E-state index contributed by atoms with van der Waals surface area (Å²) in [6.45, 7) is 7.63. The SMILES string of the molecule is CCCNC(c1ccc(Br)cc1C)c1ccsc1C.